The van der Waals surface area contributed by atoms with Crippen molar-refractivity contribution in [2.24, 2.45) is 0 Å². The molecule has 0 saturated heterocycles. The molecule has 2 N–H and O–H groups in total. The zero-order valence-electron chi connectivity index (χ0n) is 12.5. The number of aliphatic hydroxyl groups excluding tert-OH is 1. The van der Waals surface area contributed by atoms with Crippen molar-refractivity contribution in [2.75, 3.05) is 19.8 Å². The van der Waals surface area contributed by atoms with E-state index in [9.17, 15) is 5.11 Å². The second-order valence-electron chi connectivity index (χ2n) is 5.01. The van der Waals surface area contributed by atoms with Crippen LogP contribution < -0.4 is 10.1 Å². The van der Waals surface area contributed by atoms with Crippen LogP contribution in [-0.4, -0.2) is 30.9 Å². The Balaban J connectivity index is 2.07. The van der Waals surface area contributed by atoms with Crippen molar-refractivity contribution >= 4 is 0 Å². The number of nitrogens with one attached hydrogen (secondary N) is 1. The van der Waals surface area contributed by atoms with Gasteiger partial charge >= 0.3 is 0 Å². The average Bonchev–Trinajstić information content (AvgIpc) is 2.56. The number of hydrogen-bond acceptors (Lipinski definition) is 3. The highest BCUT2D eigenvalue weighted by atomic mass is 16.5. The summed E-state index contributed by atoms with van der Waals surface area (Å²) in [7, 11) is 0. The third-order valence-electron chi connectivity index (χ3n) is 3.32. The molecule has 1 unspecified atom stereocenters. The van der Waals surface area contributed by atoms with Gasteiger partial charge in [0.25, 0.3) is 0 Å². The standard InChI is InChI=1S/C18H23NO2/c1-2-12-19-16(13-20)14-21-18-11-7-6-10-17(18)15-8-4-3-5-9-15/h3-11,16,19-20H,2,12-14H2,1H3. The molecule has 2 aromatic carbocycles. The van der Waals surface area contributed by atoms with E-state index in [-0.39, 0.29) is 12.6 Å². The predicted molar refractivity (Wildman–Crippen MR) is 86.5 cm³/mol. The van der Waals surface area contributed by atoms with Crippen molar-refractivity contribution in [1.82, 2.24) is 5.32 Å². The Morgan fingerprint density at radius 1 is 1.05 bits per heavy atom. The maximum Gasteiger partial charge on any atom is 0.127 e. The summed E-state index contributed by atoms with van der Waals surface area (Å²) in [6, 6.07) is 18.1. The molecule has 0 radical (unpaired) electrons. The van der Waals surface area contributed by atoms with Crippen molar-refractivity contribution in [1.29, 1.82) is 0 Å². The molecule has 0 amide bonds. The molecular formula is C18H23NO2. The van der Waals surface area contributed by atoms with Crippen molar-refractivity contribution in [3.63, 3.8) is 0 Å². The molecule has 0 aromatic heterocycles. The maximum atomic E-state index is 9.37. The second-order valence-corrected chi connectivity index (χ2v) is 5.01. The van der Waals surface area contributed by atoms with Crippen LogP contribution in [0, 0.1) is 0 Å². The van der Waals surface area contributed by atoms with Crippen LogP contribution in [0.25, 0.3) is 11.1 Å². The molecule has 0 aliphatic rings. The van der Waals surface area contributed by atoms with Crippen LogP contribution in [0.1, 0.15) is 13.3 Å². The number of ether oxygens (including phenoxy) is 1. The average molecular weight is 285 g/mol. The fraction of sp³-hybridized carbons (Fsp3) is 0.333. The van der Waals surface area contributed by atoms with E-state index in [1.807, 2.05) is 36.4 Å². The zero-order chi connectivity index (χ0) is 14.9. The van der Waals surface area contributed by atoms with E-state index in [1.54, 1.807) is 0 Å². The second kappa shape index (κ2) is 8.45. The lowest BCUT2D eigenvalue weighted by atomic mass is 10.1. The van der Waals surface area contributed by atoms with E-state index < -0.39 is 0 Å². The van der Waals surface area contributed by atoms with Crippen molar-refractivity contribution in [3.8, 4) is 16.9 Å². The monoisotopic (exact) mass is 285 g/mol. The normalized spacial score (nSPS) is 12.1. The molecule has 0 aliphatic carbocycles. The minimum atomic E-state index is -0.0335. The summed E-state index contributed by atoms with van der Waals surface area (Å²) >= 11 is 0. The first-order chi connectivity index (χ1) is 10.3. The molecule has 0 fully saturated rings. The van der Waals surface area contributed by atoms with Gasteiger partial charge in [0.05, 0.1) is 12.6 Å². The van der Waals surface area contributed by atoms with Crippen LogP contribution in [0.3, 0.4) is 0 Å². The largest absolute Gasteiger partial charge is 0.491 e. The molecule has 21 heavy (non-hydrogen) atoms. The molecule has 0 bridgehead atoms. The summed E-state index contributed by atoms with van der Waals surface area (Å²) in [6.45, 7) is 3.52. The molecule has 112 valence electrons. The minimum absolute atomic E-state index is 0.0335. The first kappa shape index (κ1) is 15.5. The zero-order valence-corrected chi connectivity index (χ0v) is 12.5. The van der Waals surface area contributed by atoms with Gasteiger partial charge in [-0.05, 0) is 24.6 Å². The van der Waals surface area contributed by atoms with Gasteiger partial charge in [-0.3, -0.25) is 0 Å². The minimum Gasteiger partial charge on any atom is -0.491 e. The van der Waals surface area contributed by atoms with Crippen LogP contribution in [-0.2, 0) is 0 Å². The van der Waals surface area contributed by atoms with E-state index in [2.05, 4.69) is 30.4 Å². The molecule has 3 nitrogen and oxygen atoms in total. The molecule has 1 atom stereocenters. The van der Waals surface area contributed by atoms with Crippen LogP contribution in [0.2, 0.25) is 0 Å². The SMILES string of the molecule is CCCNC(CO)COc1ccccc1-c1ccccc1. The Hall–Kier alpha value is -1.84. The van der Waals surface area contributed by atoms with Gasteiger partial charge in [0.2, 0.25) is 0 Å². The summed E-state index contributed by atoms with van der Waals surface area (Å²) < 4.78 is 5.92. The van der Waals surface area contributed by atoms with Gasteiger partial charge in [-0.1, -0.05) is 55.5 Å². The van der Waals surface area contributed by atoms with Gasteiger partial charge in [0.15, 0.2) is 0 Å². The van der Waals surface area contributed by atoms with Gasteiger partial charge in [-0.25, -0.2) is 0 Å². The molecular weight excluding hydrogens is 262 g/mol. The Labute approximate surface area is 126 Å². The van der Waals surface area contributed by atoms with Crippen LogP contribution in [0.5, 0.6) is 5.75 Å². The summed E-state index contributed by atoms with van der Waals surface area (Å²) in [4.78, 5) is 0. The number of hydrogen-bond donors (Lipinski definition) is 2. The topological polar surface area (TPSA) is 41.5 Å². The Morgan fingerprint density at radius 2 is 1.76 bits per heavy atom. The third-order valence-corrected chi connectivity index (χ3v) is 3.32. The molecule has 0 saturated carbocycles. The smallest absolute Gasteiger partial charge is 0.127 e. The lowest BCUT2D eigenvalue weighted by molar-refractivity contribution is 0.184. The third kappa shape index (κ3) is 4.59. The highest BCUT2D eigenvalue weighted by Gasteiger charge is 2.10. The highest BCUT2D eigenvalue weighted by molar-refractivity contribution is 5.70. The molecule has 0 spiro atoms. The number of para-hydroxylation sites is 1. The molecule has 0 heterocycles. The number of rotatable bonds is 8. The molecule has 0 aliphatic heterocycles. The van der Waals surface area contributed by atoms with Crippen LogP contribution >= 0.6 is 0 Å². The summed E-state index contributed by atoms with van der Waals surface area (Å²) in [5, 5.41) is 12.6. The van der Waals surface area contributed by atoms with E-state index in [4.69, 9.17) is 4.74 Å². The lowest BCUT2D eigenvalue weighted by Gasteiger charge is -2.18. The van der Waals surface area contributed by atoms with Gasteiger partial charge in [0, 0.05) is 5.56 Å². The fourth-order valence-corrected chi connectivity index (χ4v) is 2.16. The van der Waals surface area contributed by atoms with Gasteiger partial charge in [0.1, 0.15) is 12.4 Å². The summed E-state index contributed by atoms with van der Waals surface area (Å²) in [6.07, 6.45) is 1.04. The van der Waals surface area contributed by atoms with E-state index in [1.165, 1.54) is 0 Å². The molecule has 2 rings (SSSR count). The van der Waals surface area contributed by atoms with E-state index in [0.717, 1.165) is 29.8 Å². The number of benzene rings is 2. The van der Waals surface area contributed by atoms with Crippen LogP contribution in [0.15, 0.2) is 54.6 Å². The fourth-order valence-electron chi connectivity index (χ4n) is 2.16. The van der Waals surface area contributed by atoms with Gasteiger partial charge in [-0.2, -0.15) is 0 Å². The van der Waals surface area contributed by atoms with Gasteiger partial charge in [-0.15, -0.1) is 0 Å². The van der Waals surface area contributed by atoms with Crippen molar-refractivity contribution < 1.29 is 9.84 Å². The first-order valence-electron chi connectivity index (χ1n) is 7.46. The lowest BCUT2D eigenvalue weighted by Crippen LogP contribution is -2.38. The van der Waals surface area contributed by atoms with E-state index in [0.29, 0.717) is 6.61 Å². The van der Waals surface area contributed by atoms with Gasteiger partial charge < -0.3 is 15.2 Å². The van der Waals surface area contributed by atoms with E-state index >= 15 is 0 Å². The quantitative estimate of drug-likeness (QED) is 0.783. The number of aliphatic hydroxyl groups is 1. The van der Waals surface area contributed by atoms with Crippen molar-refractivity contribution in [2.45, 2.75) is 19.4 Å². The maximum absolute atomic E-state index is 9.37. The summed E-state index contributed by atoms with van der Waals surface area (Å²) in [5.41, 5.74) is 2.21. The van der Waals surface area contributed by atoms with Crippen LogP contribution in [0.4, 0.5) is 0 Å². The Kier molecular flexibility index (Phi) is 6.25. The first-order valence-corrected chi connectivity index (χ1v) is 7.46. The highest BCUT2D eigenvalue weighted by Crippen LogP contribution is 2.29. The molecule has 3 heteroatoms. The summed E-state index contributed by atoms with van der Waals surface area (Å²) in [5.74, 6) is 0.848. The predicted octanol–water partition coefficient (Wildman–Crippen LogP) is 3.09. The molecule has 2 aromatic rings. The van der Waals surface area contributed by atoms with Crippen molar-refractivity contribution in [3.05, 3.63) is 54.6 Å². The Bertz CT molecular complexity index is 528. The Morgan fingerprint density at radius 3 is 2.48 bits per heavy atom.